The van der Waals surface area contributed by atoms with Gasteiger partial charge in [-0.2, -0.15) is 0 Å². The minimum Gasteiger partial charge on any atom is -0.486 e. The molecule has 0 bridgehead atoms. The molecule has 2 atom stereocenters. The zero-order valence-corrected chi connectivity index (χ0v) is 12.5. The number of para-hydroxylation sites is 2. The number of fused-ring (bicyclic) bond motifs is 1. The Balaban J connectivity index is 1.55. The van der Waals surface area contributed by atoms with Crippen molar-refractivity contribution in [2.45, 2.75) is 13.0 Å². The van der Waals surface area contributed by atoms with Crippen LogP contribution in [0, 0.1) is 11.8 Å². The normalized spacial score (nSPS) is 22.3. The molecule has 2 aliphatic rings. The number of nitrogens with zero attached hydrogens (tertiary/aromatic N) is 1. The highest BCUT2D eigenvalue weighted by Crippen LogP contribution is 2.31. The van der Waals surface area contributed by atoms with E-state index in [9.17, 15) is 4.79 Å². The molecule has 0 aliphatic carbocycles. The van der Waals surface area contributed by atoms with Gasteiger partial charge >= 0.3 is 0 Å². The van der Waals surface area contributed by atoms with Crippen LogP contribution in [-0.2, 0) is 4.79 Å². The van der Waals surface area contributed by atoms with Crippen LogP contribution in [0.1, 0.15) is 6.92 Å². The summed E-state index contributed by atoms with van der Waals surface area (Å²) in [6.07, 6.45) is -0.111. The van der Waals surface area contributed by atoms with Crippen molar-refractivity contribution in [3.8, 4) is 11.5 Å². The number of hydrogen-bond donors (Lipinski definition) is 1. The molecule has 114 valence electrons. The fourth-order valence-electron chi connectivity index (χ4n) is 2.76. The van der Waals surface area contributed by atoms with Crippen molar-refractivity contribution in [2.24, 2.45) is 11.8 Å². The predicted molar refractivity (Wildman–Crippen MR) is 79.5 cm³/mol. The molecule has 1 aromatic rings. The van der Waals surface area contributed by atoms with E-state index < -0.39 is 0 Å². The van der Waals surface area contributed by atoms with E-state index in [4.69, 9.17) is 9.47 Å². The Kier molecular flexibility index (Phi) is 4.01. The molecule has 0 radical (unpaired) electrons. The predicted octanol–water partition coefficient (Wildman–Crippen LogP) is 1.14. The molecule has 1 aromatic carbocycles. The molecule has 1 amide bonds. The first-order valence-corrected chi connectivity index (χ1v) is 7.49. The summed E-state index contributed by atoms with van der Waals surface area (Å²) >= 11 is 0. The van der Waals surface area contributed by atoms with Gasteiger partial charge in [0.2, 0.25) is 5.91 Å². The number of ether oxygens (including phenoxy) is 2. The average Bonchev–Trinajstić information content (AvgIpc) is 2.44. The van der Waals surface area contributed by atoms with Crippen molar-refractivity contribution in [2.75, 3.05) is 33.3 Å². The second-order valence-corrected chi connectivity index (χ2v) is 5.92. The largest absolute Gasteiger partial charge is 0.486 e. The van der Waals surface area contributed by atoms with E-state index >= 15 is 0 Å². The Morgan fingerprint density at radius 1 is 1.38 bits per heavy atom. The Labute approximate surface area is 125 Å². The van der Waals surface area contributed by atoms with Crippen molar-refractivity contribution in [1.29, 1.82) is 0 Å². The first-order valence-electron chi connectivity index (χ1n) is 7.49. The molecule has 0 aromatic heterocycles. The fourth-order valence-corrected chi connectivity index (χ4v) is 2.76. The van der Waals surface area contributed by atoms with Crippen LogP contribution in [0.25, 0.3) is 0 Å². The van der Waals surface area contributed by atoms with Crippen LogP contribution in [0.2, 0.25) is 0 Å². The van der Waals surface area contributed by atoms with Gasteiger partial charge in [0, 0.05) is 13.0 Å². The summed E-state index contributed by atoms with van der Waals surface area (Å²) < 4.78 is 11.6. The fraction of sp³-hybridized carbons (Fsp3) is 0.562. The van der Waals surface area contributed by atoms with Crippen LogP contribution < -0.4 is 14.8 Å². The van der Waals surface area contributed by atoms with E-state index in [1.807, 2.05) is 38.2 Å². The molecule has 3 rings (SSSR count). The highest BCUT2D eigenvalue weighted by molar-refractivity contribution is 5.78. The van der Waals surface area contributed by atoms with Gasteiger partial charge in [-0.3, -0.25) is 4.79 Å². The first-order chi connectivity index (χ1) is 10.1. The van der Waals surface area contributed by atoms with Crippen molar-refractivity contribution in [1.82, 2.24) is 10.2 Å². The van der Waals surface area contributed by atoms with Crippen LogP contribution in [-0.4, -0.2) is 50.2 Å². The number of hydrogen-bond acceptors (Lipinski definition) is 4. The third-order valence-corrected chi connectivity index (χ3v) is 4.33. The molecule has 2 aliphatic heterocycles. The Hall–Kier alpha value is -1.75. The maximum absolute atomic E-state index is 12.4. The second kappa shape index (κ2) is 5.93. The lowest BCUT2D eigenvalue weighted by atomic mass is 9.88. The van der Waals surface area contributed by atoms with Gasteiger partial charge in [0.25, 0.3) is 0 Å². The summed E-state index contributed by atoms with van der Waals surface area (Å²) in [5.74, 6) is 2.24. The minimum absolute atomic E-state index is 0.0630. The quantitative estimate of drug-likeness (QED) is 0.903. The van der Waals surface area contributed by atoms with E-state index in [1.54, 1.807) is 4.90 Å². The molecule has 1 fully saturated rings. The summed E-state index contributed by atoms with van der Waals surface area (Å²) in [7, 11) is 1.84. The van der Waals surface area contributed by atoms with Gasteiger partial charge in [-0.1, -0.05) is 19.1 Å². The molecule has 5 nitrogen and oxygen atoms in total. The topological polar surface area (TPSA) is 50.8 Å². The van der Waals surface area contributed by atoms with Crippen LogP contribution in [0.5, 0.6) is 11.5 Å². The highest BCUT2D eigenvalue weighted by atomic mass is 16.6. The van der Waals surface area contributed by atoms with Crippen molar-refractivity contribution >= 4 is 5.91 Å². The molecule has 21 heavy (non-hydrogen) atoms. The Morgan fingerprint density at radius 3 is 2.76 bits per heavy atom. The van der Waals surface area contributed by atoms with Gasteiger partial charge < -0.3 is 19.7 Å². The molecule has 1 saturated heterocycles. The summed E-state index contributed by atoms with van der Waals surface area (Å²) in [5.41, 5.74) is 0. The van der Waals surface area contributed by atoms with E-state index in [0.717, 1.165) is 24.6 Å². The number of rotatable bonds is 4. The van der Waals surface area contributed by atoms with E-state index in [-0.39, 0.29) is 17.9 Å². The number of carbonyl (C=O) groups is 1. The molecule has 0 spiro atoms. The molecular weight excluding hydrogens is 268 g/mol. The number of nitrogens with one attached hydrogen (secondary N) is 1. The minimum atomic E-state index is -0.111. The number of likely N-dealkylation sites (N-methyl/N-ethyl adjacent to an activating group) is 1. The molecule has 5 heteroatoms. The lowest BCUT2D eigenvalue weighted by Crippen LogP contribution is -2.51. The highest BCUT2D eigenvalue weighted by Gasteiger charge is 2.32. The zero-order chi connectivity index (χ0) is 14.8. The SMILES string of the molecule is CC(C(=O)N(C)CC1COc2ccccc2O1)C1CNC1. The van der Waals surface area contributed by atoms with Gasteiger partial charge in [-0.25, -0.2) is 0 Å². The van der Waals surface area contributed by atoms with Crippen LogP contribution in [0.4, 0.5) is 0 Å². The number of benzene rings is 1. The van der Waals surface area contributed by atoms with Gasteiger partial charge in [0.1, 0.15) is 6.61 Å². The Bertz CT molecular complexity index is 516. The molecule has 1 N–H and O–H groups in total. The zero-order valence-electron chi connectivity index (χ0n) is 12.5. The standard InChI is InChI=1S/C16H22N2O3/c1-11(12-7-17-8-12)16(19)18(2)9-13-10-20-14-5-3-4-6-15(14)21-13/h3-6,11-13,17H,7-10H2,1-2H3. The number of carbonyl (C=O) groups excluding carboxylic acids is 1. The van der Waals surface area contributed by atoms with Gasteiger partial charge in [0.15, 0.2) is 17.6 Å². The van der Waals surface area contributed by atoms with Gasteiger partial charge in [0.05, 0.1) is 6.54 Å². The number of amides is 1. The van der Waals surface area contributed by atoms with Crippen molar-refractivity contribution in [3.05, 3.63) is 24.3 Å². The van der Waals surface area contributed by atoms with Gasteiger partial charge in [-0.05, 0) is 31.1 Å². The maximum Gasteiger partial charge on any atom is 0.225 e. The van der Waals surface area contributed by atoms with Crippen molar-refractivity contribution < 1.29 is 14.3 Å². The van der Waals surface area contributed by atoms with E-state index in [1.165, 1.54) is 0 Å². The van der Waals surface area contributed by atoms with Crippen LogP contribution in [0.3, 0.4) is 0 Å². The monoisotopic (exact) mass is 290 g/mol. The lowest BCUT2D eigenvalue weighted by Gasteiger charge is -2.35. The first kappa shape index (κ1) is 14.2. The molecular formula is C16H22N2O3. The van der Waals surface area contributed by atoms with Crippen LogP contribution in [0.15, 0.2) is 24.3 Å². The van der Waals surface area contributed by atoms with Crippen molar-refractivity contribution in [3.63, 3.8) is 0 Å². The second-order valence-electron chi connectivity index (χ2n) is 5.92. The van der Waals surface area contributed by atoms with Gasteiger partial charge in [-0.15, -0.1) is 0 Å². The average molecular weight is 290 g/mol. The summed E-state index contributed by atoms with van der Waals surface area (Å²) in [5, 5.41) is 3.21. The van der Waals surface area contributed by atoms with E-state index in [2.05, 4.69) is 5.32 Å². The summed E-state index contributed by atoms with van der Waals surface area (Å²) in [6, 6.07) is 7.63. The smallest absolute Gasteiger partial charge is 0.225 e. The third kappa shape index (κ3) is 2.97. The van der Waals surface area contributed by atoms with Crippen LogP contribution >= 0.6 is 0 Å². The summed E-state index contributed by atoms with van der Waals surface area (Å²) in [6.45, 7) is 4.93. The molecule has 2 heterocycles. The lowest BCUT2D eigenvalue weighted by molar-refractivity contribution is -0.137. The van der Waals surface area contributed by atoms with E-state index in [0.29, 0.717) is 19.1 Å². The molecule has 0 saturated carbocycles. The summed E-state index contributed by atoms with van der Waals surface area (Å²) in [4.78, 5) is 14.2. The molecule has 2 unspecified atom stereocenters. The third-order valence-electron chi connectivity index (χ3n) is 4.33. The Morgan fingerprint density at radius 2 is 2.10 bits per heavy atom. The maximum atomic E-state index is 12.4.